The van der Waals surface area contributed by atoms with Crippen LogP contribution in [0.15, 0.2) is 36.4 Å². The number of rotatable bonds is 7. The molecular formula is C20H27NO2. The Kier molecular flexibility index (Phi) is 6.03. The van der Waals surface area contributed by atoms with Crippen molar-refractivity contribution in [1.82, 2.24) is 4.57 Å². The molecule has 23 heavy (non-hydrogen) atoms. The van der Waals surface area contributed by atoms with Gasteiger partial charge in [0.1, 0.15) is 0 Å². The number of carbonyl (C=O) groups is 1. The minimum atomic E-state index is -0.232. The van der Waals surface area contributed by atoms with Gasteiger partial charge in [0.15, 0.2) is 0 Å². The van der Waals surface area contributed by atoms with Crippen LogP contribution in [0.2, 0.25) is 0 Å². The molecule has 0 N–H and O–H groups in total. The molecule has 0 aliphatic heterocycles. The lowest BCUT2D eigenvalue weighted by molar-refractivity contribution is 0.0599. The molecule has 0 fully saturated rings. The van der Waals surface area contributed by atoms with Gasteiger partial charge in [-0.2, -0.15) is 0 Å². The normalized spacial score (nSPS) is 11.0. The standard InChI is InChI=1S/C20H27NO2/c1-5-6-12-18-17(20(22)23-4)13-19(15(2)3)21(18)14-16-10-8-7-9-11-16/h7-11,13,15H,5-6,12,14H2,1-4H3. The summed E-state index contributed by atoms with van der Waals surface area (Å²) in [5.41, 5.74) is 4.27. The van der Waals surface area contributed by atoms with Gasteiger partial charge in [-0.3, -0.25) is 0 Å². The van der Waals surface area contributed by atoms with Crippen molar-refractivity contribution in [2.75, 3.05) is 7.11 Å². The van der Waals surface area contributed by atoms with E-state index in [0.29, 0.717) is 5.92 Å². The molecule has 0 radical (unpaired) electrons. The zero-order chi connectivity index (χ0) is 16.8. The van der Waals surface area contributed by atoms with Crippen LogP contribution in [0.4, 0.5) is 0 Å². The Morgan fingerprint density at radius 2 is 1.91 bits per heavy atom. The van der Waals surface area contributed by atoms with Crippen LogP contribution in [0.25, 0.3) is 0 Å². The van der Waals surface area contributed by atoms with E-state index in [1.54, 1.807) is 0 Å². The van der Waals surface area contributed by atoms with Crippen LogP contribution in [-0.4, -0.2) is 17.6 Å². The average molecular weight is 313 g/mol. The second-order valence-corrected chi connectivity index (χ2v) is 6.25. The van der Waals surface area contributed by atoms with E-state index >= 15 is 0 Å². The highest BCUT2D eigenvalue weighted by Gasteiger charge is 2.21. The summed E-state index contributed by atoms with van der Waals surface area (Å²) in [5.74, 6) is 0.127. The molecule has 1 heterocycles. The van der Waals surface area contributed by atoms with Crippen LogP contribution in [0.5, 0.6) is 0 Å². The van der Waals surface area contributed by atoms with Crippen LogP contribution in [0.3, 0.4) is 0 Å². The van der Waals surface area contributed by atoms with Crippen molar-refractivity contribution in [3.05, 3.63) is 58.9 Å². The number of esters is 1. The molecule has 3 nitrogen and oxygen atoms in total. The fourth-order valence-electron chi connectivity index (χ4n) is 2.94. The SMILES string of the molecule is CCCCc1c(C(=O)OC)cc(C(C)C)n1Cc1ccccc1. The molecule has 0 bridgehead atoms. The molecule has 2 aromatic rings. The summed E-state index contributed by atoms with van der Waals surface area (Å²) in [7, 11) is 1.45. The van der Waals surface area contributed by atoms with Gasteiger partial charge in [0.25, 0.3) is 0 Å². The first-order valence-electron chi connectivity index (χ1n) is 8.43. The number of carbonyl (C=O) groups excluding carboxylic acids is 1. The molecular weight excluding hydrogens is 286 g/mol. The molecule has 1 aromatic heterocycles. The number of unbranched alkanes of at least 4 members (excludes halogenated alkanes) is 1. The Labute approximate surface area is 139 Å². The zero-order valence-electron chi connectivity index (χ0n) is 14.6. The third-order valence-electron chi connectivity index (χ3n) is 4.19. The van der Waals surface area contributed by atoms with Crippen LogP contribution in [-0.2, 0) is 17.7 Å². The number of hydrogen-bond donors (Lipinski definition) is 0. The molecule has 2 rings (SSSR count). The van der Waals surface area contributed by atoms with Crippen molar-refractivity contribution < 1.29 is 9.53 Å². The molecule has 1 aromatic carbocycles. The first-order chi connectivity index (χ1) is 11.1. The van der Waals surface area contributed by atoms with E-state index < -0.39 is 0 Å². The average Bonchev–Trinajstić information content (AvgIpc) is 2.91. The van der Waals surface area contributed by atoms with Gasteiger partial charge in [0.2, 0.25) is 0 Å². The second kappa shape index (κ2) is 8.00. The minimum absolute atomic E-state index is 0.232. The Hall–Kier alpha value is -2.03. The van der Waals surface area contributed by atoms with E-state index in [-0.39, 0.29) is 5.97 Å². The van der Waals surface area contributed by atoms with Gasteiger partial charge in [-0.15, -0.1) is 0 Å². The van der Waals surface area contributed by atoms with Crippen molar-refractivity contribution in [3.8, 4) is 0 Å². The van der Waals surface area contributed by atoms with E-state index in [2.05, 4.69) is 49.6 Å². The summed E-state index contributed by atoms with van der Waals surface area (Å²) in [6.07, 6.45) is 3.08. The smallest absolute Gasteiger partial charge is 0.339 e. The van der Waals surface area contributed by atoms with Crippen LogP contribution < -0.4 is 0 Å². The van der Waals surface area contributed by atoms with E-state index in [4.69, 9.17) is 4.74 Å². The van der Waals surface area contributed by atoms with E-state index in [0.717, 1.165) is 37.1 Å². The first-order valence-corrected chi connectivity index (χ1v) is 8.43. The molecule has 0 aliphatic carbocycles. The lowest BCUT2D eigenvalue weighted by Gasteiger charge is -2.16. The lowest BCUT2D eigenvalue weighted by Crippen LogP contribution is -2.12. The Balaban J connectivity index is 2.50. The monoisotopic (exact) mass is 313 g/mol. The third kappa shape index (κ3) is 4.04. The zero-order valence-corrected chi connectivity index (χ0v) is 14.6. The lowest BCUT2D eigenvalue weighted by atomic mass is 10.1. The number of benzene rings is 1. The van der Waals surface area contributed by atoms with E-state index in [9.17, 15) is 4.79 Å². The summed E-state index contributed by atoms with van der Waals surface area (Å²) in [4.78, 5) is 12.2. The molecule has 0 amide bonds. The van der Waals surface area contributed by atoms with Crippen LogP contribution >= 0.6 is 0 Å². The van der Waals surface area contributed by atoms with Crippen molar-refractivity contribution >= 4 is 5.97 Å². The first kappa shape index (κ1) is 17.3. The molecule has 0 saturated heterocycles. The molecule has 3 heteroatoms. The van der Waals surface area contributed by atoms with Gasteiger partial charge in [0, 0.05) is 17.9 Å². The largest absolute Gasteiger partial charge is 0.465 e. The van der Waals surface area contributed by atoms with Crippen molar-refractivity contribution in [2.24, 2.45) is 0 Å². The number of methoxy groups -OCH3 is 1. The van der Waals surface area contributed by atoms with Crippen LogP contribution in [0.1, 0.15) is 66.8 Å². The van der Waals surface area contributed by atoms with Gasteiger partial charge in [0.05, 0.1) is 12.7 Å². The Morgan fingerprint density at radius 3 is 2.48 bits per heavy atom. The summed E-state index contributed by atoms with van der Waals surface area (Å²) >= 11 is 0. The Bertz CT molecular complexity index is 641. The highest BCUT2D eigenvalue weighted by atomic mass is 16.5. The molecule has 0 atom stereocenters. The predicted octanol–water partition coefficient (Wildman–Crippen LogP) is 4.79. The maximum atomic E-state index is 12.2. The summed E-state index contributed by atoms with van der Waals surface area (Å²) in [6, 6.07) is 12.4. The van der Waals surface area contributed by atoms with E-state index in [1.807, 2.05) is 12.1 Å². The molecule has 0 spiro atoms. The molecule has 0 saturated carbocycles. The van der Waals surface area contributed by atoms with Crippen LogP contribution in [0, 0.1) is 0 Å². The van der Waals surface area contributed by atoms with Gasteiger partial charge in [-0.1, -0.05) is 57.5 Å². The van der Waals surface area contributed by atoms with Crippen molar-refractivity contribution in [1.29, 1.82) is 0 Å². The third-order valence-corrected chi connectivity index (χ3v) is 4.19. The molecule has 0 aliphatic rings. The predicted molar refractivity (Wildman–Crippen MR) is 94.0 cm³/mol. The number of hydrogen-bond acceptors (Lipinski definition) is 2. The van der Waals surface area contributed by atoms with Gasteiger partial charge in [-0.25, -0.2) is 4.79 Å². The maximum absolute atomic E-state index is 12.2. The quantitative estimate of drug-likeness (QED) is 0.688. The molecule has 0 unspecified atom stereocenters. The molecule has 124 valence electrons. The second-order valence-electron chi connectivity index (χ2n) is 6.25. The van der Waals surface area contributed by atoms with Gasteiger partial charge >= 0.3 is 5.97 Å². The fourth-order valence-corrected chi connectivity index (χ4v) is 2.94. The summed E-state index contributed by atoms with van der Waals surface area (Å²) < 4.78 is 7.31. The van der Waals surface area contributed by atoms with Gasteiger partial charge < -0.3 is 9.30 Å². The highest BCUT2D eigenvalue weighted by Crippen LogP contribution is 2.26. The number of ether oxygens (including phenoxy) is 1. The maximum Gasteiger partial charge on any atom is 0.339 e. The van der Waals surface area contributed by atoms with E-state index in [1.165, 1.54) is 18.4 Å². The topological polar surface area (TPSA) is 31.2 Å². The summed E-state index contributed by atoms with van der Waals surface area (Å²) in [5, 5.41) is 0. The number of nitrogens with zero attached hydrogens (tertiary/aromatic N) is 1. The highest BCUT2D eigenvalue weighted by molar-refractivity contribution is 5.91. The summed E-state index contributed by atoms with van der Waals surface area (Å²) in [6.45, 7) is 7.30. The van der Waals surface area contributed by atoms with Crippen molar-refractivity contribution in [3.63, 3.8) is 0 Å². The van der Waals surface area contributed by atoms with Crippen molar-refractivity contribution in [2.45, 2.75) is 52.5 Å². The Morgan fingerprint density at radius 1 is 1.22 bits per heavy atom. The minimum Gasteiger partial charge on any atom is -0.465 e. The number of aromatic nitrogens is 1. The van der Waals surface area contributed by atoms with Gasteiger partial charge in [-0.05, 0) is 30.4 Å². The fraction of sp³-hybridized carbons (Fsp3) is 0.450.